The summed E-state index contributed by atoms with van der Waals surface area (Å²) in [6, 6.07) is 11.5. The normalized spacial score (nSPS) is 20.9. The van der Waals surface area contributed by atoms with Crippen LogP contribution in [-0.4, -0.2) is 34.8 Å². The number of nitrogens with one attached hydrogen (secondary N) is 2. The summed E-state index contributed by atoms with van der Waals surface area (Å²) in [6.07, 6.45) is 4.95. The molecule has 1 aliphatic heterocycles. The van der Waals surface area contributed by atoms with Crippen LogP contribution in [-0.2, 0) is 9.59 Å². The number of amides is 4. The Morgan fingerprint density at radius 1 is 1.09 bits per heavy atom. The molecular weight excluding hydrogens is 421 g/mol. The van der Waals surface area contributed by atoms with E-state index in [0.29, 0.717) is 0 Å². The van der Waals surface area contributed by atoms with Gasteiger partial charge in [0.15, 0.2) is 0 Å². The molecule has 7 heteroatoms. The van der Waals surface area contributed by atoms with Gasteiger partial charge in [0.25, 0.3) is 5.91 Å². The predicted molar refractivity (Wildman–Crippen MR) is 124 cm³/mol. The van der Waals surface area contributed by atoms with Crippen LogP contribution in [0.1, 0.15) is 56.1 Å². The summed E-state index contributed by atoms with van der Waals surface area (Å²) in [4.78, 5) is 41.0. The molecule has 0 aromatic heterocycles. The van der Waals surface area contributed by atoms with Gasteiger partial charge in [-0.05, 0) is 48.9 Å². The average molecular weight is 452 g/mol. The molecule has 4 amide bonds. The first-order chi connectivity index (χ1) is 15.9. The van der Waals surface area contributed by atoms with Crippen molar-refractivity contribution in [3.05, 3.63) is 65.5 Å². The fourth-order valence-corrected chi connectivity index (χ4v) is 5.00. The molecule has 1 heterocycles. The lowest BCUT2D eigenvalue weighted by molar-refractivity contribution is -0.135. The van der Waals surface area contributed by atoms with E-state index >= 15 is 0 Å². The van der Waals surface area contributed by atoms with Gasteiger partial charge in [0, 0.05) is 5.92 Å². The third kappa shape index (κ3) is 4.77. The average Bonchev–Trinajstić information content (AvgIpc) is 3.11. The van der Waals surface area contributed by atoms with Crippen LogP contribution in [0.15, 0.2) is 48.5 Å². The molecule has 1 aliphatic carbocycles. The van der Waals surface area contributed by atoms with Gasteiger partial charge in [0.05, 0.1) is 5.69 Å². The smallest absolute Gasteiger partial charge is 0.325 e. The highest BCUT2D eigenvalue weighted by Gasteiger charge is 2.49. The van der Waals surface area contributed by atoms with Gasteiger partial charge in [-0.25, -0.2) is 14.1 Å². The minimum absolute atomic E-state index is 0.0201. The number of urea groups is 1. The molecule has 4 rings (SSSR count). The van der Waals surface area contributed by atoms with Crippen molar-refractivity contribution in [2.75, 3.05) is 5.32 Å². The second-order valence-electron chi connectivity index (χ2n) is 9.15. The van der Waals surface area contributed by atoms with Gasteiger partial charge >= 0.3 is 6.03 Å². The zero-order valence-electron chi connectivity index (χ0n) is 19.0. The van der Waals surface area contributed by atoms with Crippen molar-refractivity contribution in [2.24, 2.45) is 5.92 Å². The first-order valence-corrected chi connectivity index (χ1v) is 11.6. The molecule has 0 bridgehead atoms. The van der Waals surface area contributed by atoms with E-state index in [2.05, 4.69) is 10.6 Å². The first-order valence-electron chi connectivity index (χ1n) is 11.6. The number of nitrogens with zero attached hydrogens (tertiary/aromatic N) is 1. The van der Waals surface area contributed by atoms with Crippen LogP contribution in [0, 0.1) is 18.7 Å². The van der Waals surface area contributed by atoms with E-state index in [1.807, 2.05) is 30.3 Å². The molecule has 2 aromatic carbocycles. The number of imide groups is 1. The van der Waals surface area contributed by atoms with E-state index < -0.39 is 35.8 Å². The van der Waals surface area contributed by atoms with Crippen LogP contribution in [0.25, 0.3) is 0 Å². The van der Waals surface area contributed by atoms with Gasteiger partial charge in [0.1, 0.15) is 17.9 Å². The first kappa shape index (κ1) is 23.0. The molecule has 3 atom stereocenters. The second kappa shape index (κ2) is 9.73. The molecule has 33 heavy (non-hydrogen) atoms. The Kier molecular flexibility index (Phi) is 6.77. The number of hydrogen-bond donors (Lipinski definition) is 2. The summed E-state index contributed by atoms with van der Waals surface area (Å²) >= 11 is 0. The minimum atomic E-state index is -1.12. The maximum absolute atomic E-state index is 14.5. The Morgan fingerprint density at radius 2 is 1.79 bits per heavy atom. The molecule has 1 saturated heterocycles. The monoisotopic (exact) mass is 451 g/mol. The van der Waals surface area contributed by atoms with Crippen LogP contribution in [0.3, 0.4) is 0 Å². The van der Waals surface area contributed by atoms with E-state index in [0.717, 1.165) is 48.1 Å². The van der Waals surface area contributed by atoms with E-state index in [-0.39, 0.29) is 17.5 Å². The van der Waals surface area contributed by atoms with E-state index in [9.17, 15) is 18.8 Å². The van der Waals surface area contributed by atoms with Crippen molar-refractivity contribution in [3.8, 4) is 0 Å². The molecule has 174 valence electrons. The number of carbonyl (C=O) groups is 3. The van der Waals surface area contributed by atoms with Crippen molar-refractivity contribution in [3.63, 3.8) is 0 Å². The van der Waals surface area contributed by atoms with Gasteiger partial charge in [0.2, 0.25) is 5.91 Å². The zero-order valence-corrected chi connectivity index (χ0v) is 19.0. The fourth-order valence-electron chi connectivity index (χ4n) is 5.00. The van der Waals surface area contributed by atoms with Crippen LogP contribution in [0.2, 0.25) is 0 Å². The maximum Gasteiger partial charge on any atom is 0.325 e. The zero-order chi connectivity index (χ0) is 23.5. The highest BCUT2D eigenvalue weighted by atomic mass is 19.1. The molecule has 6 nitrogen and oxygen atoms in total. The van der Waals surface area contributed by atoms with Gasteiger partial charge < -0.3 is 10.6 Å². The molecule has 2 aliphatic rings. The Hall–Kier alpha value is -3.22. The summed E-state index contributed by atoms with van der Waals surface area (Å²) in [5.74, 6) is -1.95. The Morgan fingerprint density at radius 3 is 2.45 bits per heavy atom. The fraction of sp³-hybridized carbons (Fsp3) is 0.423. The lowest BCUT2D eigenvalue weighted by Crippen LogP contribution is -2.51. The molecular formula is C26H30FN3O3. The topological polar surface area (TPSA) is 78.5 Å². The van der Waals surface area contributed by atoms with Crippen molar-refractivity contribution in [1.29, 1.82) is 0 Å². The summed E-state index contributed by atoms with van der Waals surface area (Å²) in [6.45, 7) is 3.56. The summed E-state index contributed by atoms with van der Waals surface area (Å²) in [5.41, 5.74) is 1.56. The third-order valence-electron chi connectivity index (χ3n) is 6.85. The third-order valence-corrected chi connectivity index (χ3v) is 6.85. The number of hydrogen-bond acceptors (Lipinski definition) is 3. The number of benzene rings is 2. The van der Waals surface area contributed by atoms with Crippen molar-refractivity contribution < 1.29 is 18.8 Å². The van der Waals surface area contributed by atoms with Crippen LogP contribution >= 0.6 is 0 Å². The van der Waals surface area contributed by atoms with Gasteiger partial charge in [-0.2, -0.15) is 0 Å². The number of halogens is 1. The molecule has 0 spiro atoms. The van der Waals surface area contributed by atoms with E-state index in [1.165, 1.54) is 12.1 Å². The van der Waals surface area contributed by atoms with Gasteiger partial charge in [-0.15, -0.1) is 0 Å². The number of anilines is 1. The van der Waals surface area contributed by atoms with E-state index in [4.69, 9.17) is 0 Å². The van der Waals surface area contributed by atoms with Crippen LogP contribution in [0.5, 0.6) is 0 Å². The second-order valence-corrected chi connectivity index (χ2v) is 9.15. The summed E-state index contributed by atoms with van der Waals surface area (Å²) in [7, 11) is 0. The van der Waals surface area contributed by atoms with Crippen molar-refractivity contribution >= 4 is 23.5 Å². The Balaban J connectivity index is 1.65. The Labute approximate surface area is 193 Å². The van der Waals surface area contributed by atoms with Gasteiger partial charge in [-0.3, -0.25) is 9.59 Å². The molecule has 2 fully saturated rings. The SMILES string of the molecule is Cc1ccc(NC(=O)[C@H]([C@@H](C)c2ccccc2)N2C(=O)N[C@H](C3CCCCC3)C2=O)c(F)c1. The quantitative estimate of drug-likeness (QED) is 0.623. The largest absolute Gasteiger partial charge is 0.325 e. The van der Waals surface area contributed by atoms with Crippen LogP contribution in [0.4, 0.5) is 14.9 Å². The standard InChI is InChI=1S/C26H30FN3O3/c1-16-13-14-21(20(27)15-16)28-24(31)23(17(2)18-9-5-3-6-10-18)30-25(32)22(29-26(30)33)19-11-7-4-8-12-19/h3,5-6,9-10,13-15,17,19,22-23H,4,7-8,11-12H2,1-2H3,(H,28,31)(H,29,33)/t17-,22+,23-/m0/s1. The van der Waals surface area contributed by atoms with Crippen molar-refractivity contribution in [2.45, 2.75) is 64.0 Å². The molecule has 1 saturated carbocycles. The highest BCUT2D eigenvalue weighted by Crippen LogP contribution is 2.33. The lowest BCUT2D eigenvalue weighted by Gasteiger charge is -2.31. The van der Waals surface area contributed by atoms with E-state index in [1.54, 1.807) is 19.9 Å². The molecule has 0 unspecified atom stereocenters. The summed E-state index contributed by atoms with van der Waals surface area (Å²) in [5, 5.41) is 5.44. The molecule has 2 aromatic rings. The number of carbonyl (C=O) groups excluding carboxylic acids is 3. The highest BCUT2D eigenvalue weighted by molar-refractivity contribution is 6.09. The summed E-state index contributed by atoms with van der Waals surface area (Å²) < 4.78 is 14.5. The maximum atomic E-state index is 14.5. The van der Waals surface area contributed by atoms with Crippen molar-refractivity contribution in [1.82, 2.24) is 10.2 Å². The van der Waals surface area contributed by atoms with Crippen LogP contribution < -0.4 is 10.6 Å². The Bertz CT molecular complexity index is 1040. The lowest BCUT2D eigenvalue weighted by atomic mass is 9.83. The number of aryl methyl sites for hydroxylation is 1. The number of rotatable bonds is 6. The predicted octanol–water partition coefficient (Wildman–Crippen LogP) is 4.75. The molecule has 2 N–H and O–H groups in total. The molecule has 0 radical (unpaired) electrons. The van der Waals surface area contributed by atoms with Gasteiger partial charge in [-0.1, -0.05) is 62.6 Å². The minimum Gasteiger partial charge on any atom is -0.325 e.